The molecule has 2 aromatic heterocycles. The average Bonchev–Trinajstić information content (AvgIpc) is 2.77. The molecule has 90 valence electrons. The second-order valence-corrected chi connectivity index (χ2v) is 4.18. The summed E-state index contributed by atoms with van der Waals surface area (Å²) < 4.78 is 1.86. The Morgan fingerprint density at radius 1 is 1.35 bits per heavy atom. The Kier molecular flexibility index (Phi) is 2.75. The SMILES string of the molecule is Cc1n[nH]c(C)c1NC(=O)c1ccc(C)n1C. The van der Waals surface area contributed by atoms with Crippen molar-refractivity contribution in [2.24, 2.45) is 7.05 Å². The summed E-state index contributed by atoms with van der Waals surface area (Å²) in [6.07, 6.45) is 0. The number of H-pyrrole nitrogens is 1. The molecule has 0 spiro atoms. The Hall–Kier alpha value is -2.04. The number of hydrogen-bond acceptors (Lipinski definition) is 2. The zero-order chi connectivity index (χ0) is 12.6. The minimum atomic E-state index is -0.117. The second-order valence-electron chi connectivity index (χ2n) is 4.18. The first-order chi connectivity index (χ1) is 8.00. The minimum Gasteiger partial charge on any atom is -0.344 e. The number of aryl methyl sites for hydroxylation is 3. The maximum Gasteiger partial charge on any atom is 0.272 e. The minimum absolute atomic E-state index is 0.117. The molecule has 0 saturated carbocycles. The molecular weight excluding hydrogens is 216 g/mol. The van der Waals surface area contributed by atoms with Gasteiger partial charge in [-0.1, -0.05) is 0 Å². The zero-order valence-electron chi connectivity index (χ0n) is 10.5. The molecule has 0 aliphatic carbocycles. The standard InChI is InChI=1S/C12H16N4O/c1-7-5-6-10(16(7)4)12(17)13-11-8(2)14-15-9(11)3/h5-6H,1-4H3,(H,13,17)(H,14,15). The van der Waals surface area contributed by atoms with Crippen LogP contribution in [0, 0.1) is 20.8 Å². The van der Waals surface area contributed by atoms with Crippen LogP contribution in [0.15, 0.2) is 12.1 Å². The van der Waals surface area contributed by atoms with Gasteiger partial charge in [0, 0.05) is 12.7 Å². The number of nitrogens with one attached hydrogen (secondary N) is 2. The first-order valence-corrected chi connectivity index (χ1v) is 5.46. The van der Waals surface area contributed by atoms with Crippen molar-refractivity contribution in [1.82, 2.24) is 14.8 Å². The molecule has 0 bridgehead atoms. The van der Waals surface area contributed by atoms with Crippen LogP contribution in [-0.2, 0) is 7.05 Å². The molecule has 0 aromatic carbocycles. The van der Waals surface area contributed by atoms with E-state index in [0.717, 1.165) is 22.8 Å². The monoisotopic (exact) mass is 232 g/mol. The number of aromatic amines is 1. The van der Waals surface area contributed by atoms with Gasteiger partial charge in [0.1, 0.15) is 5.69 Å². The Bertz CT molecular complexity index is 546. The summed E-state index contributed by atoms with van der Waals surface area (Å²) >= 11 is 0. The number of aromatic nitrogens is 3. The summed E-state index contributed by atoms with van der Waals surface area (Å²) in [6.45, 7) is 5.70. The highest BCUT2D eigenvalue weighted by atomic mass is 16.2. The van der Waals surface area contributed by atoms with Crippen LogP contribution >= 0.6 is 0 Å². The van der Waals surface area contributed by atoms with Gasteiger partial charge in [0.05, 0.1) is 17.1 Å². The van der Waals surface area contributed by atoms with Crippen molar-refractivity contribution in [1.29, 1.82) is 0 Å². The first kappa shape index (κ1) is 11.4. The van der Waals surface area contributed by atoms with Crippen molar-refractivity contribution in [3.8, 4) is 0 Å². The summed E-state index contributed by atoms with van der Waals surface area (Å²) in [5, 5.41) is 9.76. The van der Waals surface area contributed by atoms with E-state index in [9.17, 15) is 4.79 Å². The predicted molar refractivity (Wildman–Crippen MR) is 66.2 cm³/mol. The fraction of sp³-hybridized carbons (Fsp3) is 0.333. The summed E-state index contributed by atoms with van der Waals surface area (Å²) in [7, 11) is 1.87. The molecule has 0 unspecified atom stereocenters. The molecule has 2 aromatic rings. The molecule has 2 rings (SSSR count). The highest BCUT2D eigenvalue weighted by Gasteiger charge is 2.14. The maximum atomic E-state index is 12.1. The molecule has 0 saturated heterocycles. The lowest BCUT2D eigenvalue weighted by Gasteiger charge is -2.07. The van der Waals surface area contributed by atoms with E-state index in [4.69, 9.17) is 0 Å². The molecule has 0 atom stereocenters. The third kappa shape index (κ3) is 1.95. The molecule has 0 aliphatic rings. The normalized spacial score (nSPS) is 10.6. The number of hydrogen-bond donors (Lipinski definition) is 2. The molecule has 5 nitrogen and oxygen atoms in total. The highest BCUT2D eigenvalue weighted by Crippen LogP contribution is 2.17. The van der Waals surface area contributed by atoms with Crippen molar-refractivity contribution in [3.05, 3.63) is 34.9 Å². The van der Waals surface area contributed by atoms with Crippen LogP contribution in [0.5, 0.6) is 0 Å². The Balaban J connectivity index is 2.26. The lowest BCUT2D eigenvalue weighted by molar-refractivity contribution is 0.101. The van der Waals surface area contributed by atoms with E-state index in [-0.39, 0.29) is 5.91 Å². The highest BCUT2D eigenvalue weighted by molar-refractivity contribution is 6.03. The number of anilines is 1. The average molecular weight is 232 g/mol. The lowest BCUT2D eigenvalue weighted by atomic mass is 10.3. The second kappa shape index (κ2) is 4.08. The number of amides is 1. The topological polar surface area (TPSA) is 62.7 Å². The van der Waals surface area contributed by atoms with Crippen LogP contribution in [0.25, 0.3) is 0 Å². The van der Waals surface area contributed by atoms with Crippen molar-refractivity contribution >= 4 is 11.6 Å². The van der Waals surface area contributed by atoms with Crippen LogP contribution < -0.4 is 5.32 Å². The predicted octanol–water partition coefficient (Wildman–Crippen LogP) is 1.93. The van der Waals surface area contributed by atoms with Gasteiger partial charge in [-0.05, 0) is 32.9 Å². The molecular formula is C12H16N4O. The van der Waals surface area contributed by atoms with Gasteiger partial charge in [0.25, 0.3) is 5.91 Å². The first-order valence-electron chi connectivity index (χ1n) is 5.46. The molecule has 0 fully saturated rings. The fourth-order valence-electron chi connectivity index (χ4n) is 1.75. The van der Waals surface area contributed by atoms with E-state index >= 15 is 0 Å². The summed E-state index contributed by atoms with van der Waals surface area (Å²) in [5.74, 6) is -0.117. The van der Waals surface area contributed by atoms with Crippen LogP contribution in [0.2, 0.25) is 0 Å². The van der Waals surface area contributed by atoms with Crippen molar-refractivity contribution < 1.29 is 4.79 Å². The fourth-order valence-corrected chi connectivity index (χ4v) is 1.75. The van der Waals surface area contributed by atoms with Gasteiger partial charge in [-0.25, -0.2) is 0 Å². The van der Waals surface area contributed by atoms with Crippen LogP contribution in [-0.4, -0.2) is 20.7 Å². The Labute approximate surface area is 99.8 Å². The van der Waals surface area contributed by atoms with E-state index in [1.165, 1.54) is 0 Å². The van der Waals surface area contributed by atoms with Crippen molar-refractivity contribution in [2.45, 2.75) is 20.8 Å². The Morgan fingerprint density at radius 3 is 2.53 bits per heavy atom. The molecule has 1 amide bonds. The number of carbonyl (C=O) groups is 1. The van der Waals surface area contributed by atoms with E-state index in [1.54, 1.807) is 0 Å². The van der Waals surface area contributed by atoms with Crippen LogP contribution in [0.3, 0.4) is 0 Å². The summed E-state index contributed by atoms with van der Waals surface area (Å²) in [6, 6.07) is 3.74. The largest absolute Gasteiger partial charge is 0.344 e. The van der Waals surface area contributed by atoms with Crippen LogP contribution in [0.4, 0.5) is 5.69 Å². The van der Waals surface area contributed by atoms with Gasteiger partial charge >= 0.3 is 0 Å². The van der Waals surface area contributed by atoms with E-state index in [2.05, 4.69) is 15.5 Å². The number of nitrogens with zero attached hydrogens (tertiary/aromatic N) is 2. The lowest BCUT2D eigenvalue weighted by Crippen LogP contribution is -2.16. The number of rotatable bonds is 2. The molecule has 0 radical (unpaired) electrons. The van der Waals surface area contributed by atoms with Crippen molar-refractivity contribution in [3.63, 3.8) is 0 Å². The van der Waals surface area contributed by atoms with Gasteiger partial charge in [0.15, 0.2) is 0 Å². The smallest absolute Gasteiger partial charge is 0.272 e. The van der Waals surface area contributed by atoms with Gasteiger partial charge < -0.3 is 9.88 Å². The molecule has 5 heteroatoms. The van der Waals surface area contributed by atoms with Gasteiger partial charge in [-0.15, -0.1) is 0 Å². The van der Waals surface area contributed by atoms with Crippen LogP contribution in [0.1, 0.15) is 27.6 Å². The maximum absolute atomic E-state index is 12.1. The van der Waals surface area contributed by atoms with Gasteiger partial charge in [-0.3, -0.25) is 9.89 Å². The quantitative estimate of drug-likeness (QED) is 0.831. The molecule has 0 aliphatic heterocycles. The van der Waals surface area contributed by atoms with E-state index in [0.29, 0.717) is 5.69 Å². The Morgan fingerprint density at radius 2 is 2.06 bits per heavy atom. The molecule has 17 heavy (non-hydrogen) atoms. The van der Waals surface area contributed by atoms with Crippen molar-refractivity contribution in [2.75, 3.05) is 5.32 Å². The van der Waals surface area contributed by atoms with Gasteiger partial charge in [-0.2, -0.15) is 5.10 Å². The van der Waals surface area contributed by atoms with Gasteiger partial charge in [0.2, 0.25) is 0 Å². The summed E-state index contributed by atoms with van der Waals surface area (Å²) in [5.41, 5.74) is 4.11. The molecule has 2 heterocycles. The third-order valence-corrected chi connectivity index (χ3v) is 2.97. The third-order valence-electron chi connectivity index (χ3n) is 2.97. The molecule has 2 N–H and O–H groups in total. The summed E-state index contributed by atoms with van der Waals surface area (Å²) in [4.78, 5) is 12.1. The van der Waals surface area contributed by atoms with E-state index < -0.39 is 0 Å². The zero-order valence-corrected chi connectivity index (χ0v) is 10.5. The number of carbonyl (C=O) groups excluding carboxylic acids is 1. The van der Waals surface area contributed by atoms with E-state index in [1.807, 2.05) is 44.5 Å².